The van der Waals surface area contributed by atoms with Crippen LogP contribution in [-0.4, -0.2) is 10.9 Å². The van der Waals surface area contributed by atoms with Crippen LogP contribution in [0.25, 0.3) is 0 Å². The van der Waals surface area contributed by atoms with Gasteiger partial charge in [0.1, 0.15) is 11.5 Å². The van der Waals surface area contributed by atoms with E-state index in [1.807, 2.05) is 13.8 Å². The smallest absolute Gasteiger partial charge is 0.216 e. The molecule has 0 aromatic carbocycles. The topological polar surface area (TPSA) is 90.9 Å². The fourth-order valence-corrected chi connectivity index (χ4v) is 1.87. The predicted molar refractivity (Wildman–Crippen MR) is 60.8 cm³/mol. The second kappa shape index (κ2) is 4.36. The van der Waals surface area contributed by atoms with Gasteiger partial charge in [0.25, 0.3) is 0 Å². The maximum absolute atomic E-state index is 11.8. The number of carbonyl (C=O) groups is 1. The van der Waals surface area contributed by atoms with Crippen molar-refractivity contribution in [3.8, 4) is 0 Å². The second-order valence-electron chi connectivity index (χ2n) is 5.21. The number of nitrogens with zero attached hydrogens (tertiary/aromatic N) is 3. The van der Waals surface area contributed by atoms with Crippen LogP contribution >= 0.6 is 0 Å². The van der Waals surface area contributed by atoms with Crippen molar-refractivity contribution in [3.05, 3.63) is 23.3 Å². The van der Waals surface area contributed by atoms with Crippen molar-refractivity contribution in [2.75, 3.05) is 0 Å². The van der Waals surface area contributed by atoms with Crippen LogP contribution in [-0.2, 0) is 4.79 Å². The summed E-state index contributed by atoms with van der Waals surface area (Å²) in [5, 5.41) is 22.9. The molecule has 0 radical (unpaired) electrons. The first-order valence-electron chi connectivity index (χ1n) is 5.66. The summed E-state index contributed by atoms with van der Waals surface area (Å²) in [5.41, 5.74) is -0.382. The summed E-state index contributed by atoms with van der Waals surface area (Å²) in [5.74, 6) is 0.322. The van der Waals surface area contributed by atoms with Gasteiger partial charge in [-0.25, -0.2) is 0 Å². The molecule has 1 aromatic rings. The average molecular weight is 248 g/mol. The Bertz CT molecular complexity index is 541. The number of hydrogen-bond acceptors (Lipinski definition) is 6. The monoisotopic (exact) mass is 248 g/mol. The third-order valence-corrected chi connectivity index (χ3v) is 2.67. The van der Waals surface area contributed by atoms with Gasteiger partial charge in [0.15, 0.2) is 5.78 Å². The van der Waals surface area contributed by atoms with Crippen LogP contribution in [0.15, 0.2) is 32.3 Å². The molecule has 6 nitrogen and oxygen atoms in total. The van der Waals surface area contributed by atoms with E-state index in [1.165, 1.54) is 0 Å². The molecular weight excluding hydrogens is 234 g/mol. The minimum atomic E-state index is -0.294. The van der Waals surface area contributed by atoms with E-state index in [0.717, 1.165) is 0 Å². The SMILES string of the molecule is Cc1cc(N=NC2=C([O-])CC(C)(C)CC2=O)no1. The van der Waals surface area contributed by atoms with Crippen molar-refractivity contribution < 1.29 is 14.4 Å². The molecule has 0 fully saturated rings. The summed E-state index contributed by atoms with van der Waals surface area (Å²) in [4.78, 5) is 11.8. The van der Waals surface area contributed by atoms with E-state index in [2.05, 4.69) is 15.4 Å². The van der Waals surface area contributed by atoms with Crippen LogP contribution in [0, 0.1) is 12.3 Å². The lowest BCUT2D eigenvalue weighted by Crippen LogP contribution is -2.29. The van der Waals surface area contributed by atoms with Crippen molar-refractivity contribution in [2.45, 2.75) is 33.6 Å². The van der Waals surface area contributed by atoms with Gasteiger partial charge >= 0.3 is 0 Å². The molecule has 2 rings (SSSR count). The predicted octanol–water partition coefficient (Wildman–Crippen LogP) is 2.03. The van der Waals surface area contributed by atoms with Crippen LogP contribution in [0.2, 0.25) is 0 Å². The van der Waals surface area contributed by atoms with Crippen molar-refractivity contribution in [3.63, 3.8) is 0 Å². The summed E-state index contributed by atoms with van der Waals surface area (Å²) in [6.07, 6.45) is 0.621. The number of aromatic nitrogens is 1. The van der Waals surface area contributed by atoms with E-state index >= 15 is 0 Å². The minimum Gasteiger partial charge on any atom is -0.874 e. The maximum Gasteiger partial charge on any atom is 0.216 e. The number of aryl methyl sites for hydroxylation is 1. The third kappa shape index (κ3) is 2.64. The van der Waals surface area contributed by atoms with E-state index in [1.54, 1.807) is 13.0 Å². The van der Waals surface area contributed by atoms with Gasteiger partial charge < -0.3 is 9.63 Å². The molecular formula is C12H14N3O3-. The Labute approximate surface area is 104 Å². The lowest BCUT2D eigenvalue weighted by Gasteiger charge is -2.33. The van der Waals surface area contributed by atoms with Gasteiger partial charge in [0, 0.05) is 12.5 Å². The zero-order chi connectivity index (χ0) is 13.3. The Morgan fingerprint density at radius 3 is 2.67 bits per heavy atom. The first kappa shape index (κ1) is 12.5. The largest absolute Gasteiger partial charge is 0.874 e. The molecule has 1 heterocycles. The maximum atomic E-state index is 11.8. The molecule has 96 valence electrons. The van der Waals surface area contributed by atoms with E-state index < -0.39 is 0 Å². The highest BCUT2D eigenvalue weighted by molar-refractivity contribution is 5.96. The van der Waals surface area contributed by atoms with Gasteiger partial charge in [-0.15, -0.1) is 10.2 Å². The van der Waals surface area contributed by atoms with Gasteiger partial charge in [-0.1, -0.05) is 24.8 Å². The standard InChI is InChI=1S/C12H15N3O3/c1-7-4-10(15-18-7)13-14-11-8(16)5-12(2,3)6-9(11)17/h4,16H,5-6H2,1-3H3/p-1. The number of allylic oxidation sites excluding steroid dienone is 2. The van der Waals surface area contributed by atoms with Crippen molar-refractivity contribution >= 4 is 11.6 Å². The van der Waals surface area contributed by atoms with E-state index in [9.17, 15) is 9.90 Å². The number of hydrogen-bond donors (Lipinski definition) is 0. The summed E-state index contributed by atoms with van der Waals surface area (Å²) in [6.45, 7) is 5.49. The number of ketones is 1. The molecule has 1 aromatic heterocycles. The lowest BCUT2D eigenvalue weighted by atomic mass is 9.78. The van der Waals surface area contributed by atoms with Gasteiger partial charge in [0.05, 0.1) is 0 Å². The number of carbonyl (C=O) groups excluding carboxylic acids is 1. The Morgan fingerprint density at radius 1 is 1.39 bits per heavy atom. The number of azo groups is 1. The number of rotatable bonds is 2. The molecule has 0 spiro atoms. The molecule has 0 atom stereocenters. The summed E-state index contributed by atoms with van der Waals surface area (Å²) >= 11 is 0. The highest BCUT2D eigenvalue weighted by Crippen LogP contribution is 2.35. The molecule has 0 unspecified atom stereocenters. The van der Waals surface area contributed by atoms with Gasteiger partial charge in [0.2, 0.25) is 5.82 Å². The first-order chi connectivity index (χ1) is 8.37. The van der Waals surface area contributed by atoms with Crippen LogP contribution < -0.4 is 5.11 Å². The fourth-order valence-electron chi connectivity index (χ4n) is 1.87. The average Bonchev–Trinajstić information content (AvgIpc) is 2.61. The summed E-state index contributed by atoms with van der Waals surface area (Å²) in [7, 11) is 0. The van der Waals surface area contributed by atoms with E-state index in [-0.39, 0.29) is 28.5 Å². The molecule has 0 bridgehead atoms. The zero-order valence-electron chi connectivity index (χ0n) is 10.6. The van der Waals surface area contributed by atoms with Crippen molar-refractivity contribution in [1.29, 1.82) is 0 Å². The third-order valence-electron chi connectivity index (χ3n) is 2.67. The fraction of sp³-hybridized carbons (Fsp3) is 0.500. The van der Waals surface area contributed by atoms with Crippen LogP contribution in [0.5, 0.6) is 0 Å². The van der Waals surface area contributed by atoms with Crippen LogP contribution in [0.3, 0.4) is 0 Å². The molecule has 1 aliphatic carbocycles. The summed E-state index contributed by atoms with van der Waals surface area (Å²) in [6, 6.07) is 1.58. The Kier molecular flexibility index (Phi) is 3.02. The first-order valence-corrected chi connectivity index (χ1v) is 5.66. The Morgan fingerprint density at radius 2 is 2.11 bits per heavy atom. The Balaban J connectivity index is 2.23. The van der Waals surface area contributed by atoms with E-state index in [0.29, 0.717) is 18.6 Å². The van der Waals surface area contributed by atoms with Crippen LogP contribution in [0.4, 0.5) is 5.82 Å². The second-order valence-corrected chi connectivity index (χ2v) is 5.21. The molecule has 6 heteroatoms. The normalized spacial score (nSPS) is 19.8. The highest BCUT2D eigenvalue weighted by atomic mass is 16.5. The molecule has 0 aliphatic heterocycles. The lowest BCUT2D eigenvalue weighted by molar-refractivity contribution is -0.312. The summed E-state index contributed by atoms with van der Waals surface area (Å²) < 4.78 is 4.81. The minimum absolute atomic E-state index is 0.0880. The zero-order valence-corrected chi connectivity index (χ0v) is 10.6. The van der Waals surface area contributed by atoms with Crippen LogP contribution in [0.1, 0.15) is 32.4 Å². The quantitative estimate of drug-likeness (QED) is 0.748. The molecule has 0 amide bonds. The van der Waals surface area contributed by atoms with Gasteiger partial charge in [-0.3, -0.25) is 4.79 Å². The Hall–Kier alpha value is -1.98. The van der Waals surface area contributed by atoms with E-state index in [4.69, 9.17) is 4.52 Å². The molecule has 18 heavy (non-hydrogen) atoms. The highest BCUT2D eigenvalue weighted by Gasteiger charge is 2.29. The number of Topliss-reactive ketones (excluding diaryl/α,β-unsaturated/α-hetero) is 1. The van der Waals surface area contributed by atoms with Gasteiger partial charge in [-0.05, 0) is 18.8 Å². The molecule has 0 N–H and O–H groups in total. The molecule has 0 saturated heterocycles. The van der Waals surface area contributed by atoms with Crippen molar-refractivity contribution in [1.82, 2.24) is 5.16 Å². The molecule has 1 aliphatic rings. The molecule has 0 saturated carbocycles. The van der Waals surface area contributed by atoms with Gasteiger partial charge in [-0.2, -0.15) is 0 Å². The van der Waals surface area contributed by atoms with Crippen molar-refractivity contribution in [2.24, 2.45) is 15.6 Å².